The van der Waals surface area contributed by atoms with Crippen LogP contribution in [0, 0.1) is 13.8 Å². The molecule has 0 atom stereocenters. The fourth-order valence-electron chi connectivity index (χ4n) is 3.79. The number of fused-ring (bicyclic) bond motifs is 1. The Morgan fingerprint density at radius 1 is 0.870 bits per heavy atom. The van der Waals surface area contributed by atoms with Crippen molar-refractivity contribution in [3.63, 3.8) is 0 Å². The summed E-state index contributed by atoms with van der Waals surface area (Å²) in [5.41, 5.74) is 8.05. The van der Waals surface area contributed by atoms with Gasteiger partial charge in [-0.3, -0.25) is 0 Å². The molecule has 0 aromatic heterocycles. The first-order valence-corrected chi connectivity index (χ1v) is 8.77. The highest BCUT2D eigenvalue weighted by Crippen LogP contribution is 2.48. The van der Waals surface area contributed by atoms with Crippen LogP contribution in [0.2, 0.25) is 5.02 Å². The zero-order valence-corrected chi connectivity index (χ0v) is 15.6. The van der Waals surface area contributed by atoms with Crippen LogP contribution in [0.15, 0.2) is 30.3 Å². The van der Waals surface area contributed by atoms with Crippen LogP contribution in [-0.2, 0) is 10.8 Å². The molecule has 0 saturated heterocycles. The van der Waals surface area contributed by atoms with Crippen molar-refractivity contribution in [3.8, 4) is 11.1 Å². The third-order valence-corrected chi connectivity index (χ3v) is 5.83. The summed E-state index contributed by atoms with van der Waals surface area (Å²) in [7, 11) is 0. The minimum atomic E-state index is 0.214. The second kappa shape index (κ2) is 5.38. The smallest absolute Gasteiger partial charge is 0.0487 e. The lowest BCUT2D eigenvalue weighted by molar-refractivity contribution is 0.332. The van der Waals surface area contributed by atoms with Crippen LogP contribution in [0.4, 0.5) is 0 Å². The molecule has 0 N–H and O–H groups in total. The Morgan fingerprint density at radius 3 is 2.00 bits per heavy atom. The van der Waals surface area contributed by atoms with Gasteiger partial charge in [-0.05, 0) is 77.5 Å². The molecule has 1 heteroatoms. The number of rotatable bonds is 1. The molecule has 121 valence electrons. The summed E-state index contributed by atoms with van der Waals surface area (Å²) in [5, 5.41) is 0.786. The van der Waals surface area contributed by atoms with E-state index < -0.39 is 0 Å². The van der Waals surface area contributed by atoms with Gasteiger partial charge in [-0.2, -0.15) is 0 Å². The predicted octanol–water partition coefficient (Wildman–Crippen LogP) is 6.85. The molecule has 1 aliphatic carbocycles. The highest BCUT2D eigenvalue weighted by Gasteiger charge is 2.37. The zero-order valence-electron chi connectivity index (χ0n) is 14.9. The molecule has 0 heterocycles. The predicted molar refractivity (Wildman–Crippen MR) is 101 cm³/mol. The van der Waals surface area contributed by atoms with E-state index in [1.54, 1.807) is 0 Å². The molecule has 0 spiro atoms. The van der Waals surface area contributed by atoms with E-state index in [1.807, 2.05) is 12.1 Å². The van der Waals surface area contributed by atoms with Crippen molar-refractivity contribution in [2.75, 3.05) is 0 Å². The summed E-state index contributed by atoms with van der Waals surface area (Å²) in [5.74, 6) is 0. The lowest BCUT2D eigenvalue weighted by atomic mass is 9.62. The molecule has 0 aliphatic heterocycles. The van der Waals surface area contributed by atoms with Crippen LogP contribution in [-0.4, -0.2) is 0 Å². The number of hydrogen-bond donors (Lipinski definition) is 0. The first-order chi connectivity index (χ1) is 10.6. The van der Waals surface area contributed by atoms with Gasteiger partial charge < -0.3 is 0 Å². The molecule has 23 heavy (non-hydrogen) atoms. The third kappa shape index (κ3) is 2.83. The molecule has 1 radical (unpaired) electrons. The van der Waals surface area contributed by atoms with E-state index in [0.717, 1.165) is 16.1 Å². The Hall–Kier alpha value is -1.27. The van der Waals surface area contributed by atoms with Crippen molar-refractivity contribution in [1.29, 1.82) is 0 Å². The minimum absolute atomic E-state index is 0.214. The highest BCUT2D eigenvalue weighted by molar-refractivity contribution is 6.33. The molecule has 0 amide bonds. The van der Waals surface area contributed by atoms with E-state index in [9.17, 15) is 0 Å². The average molecular weight is 326 g/mol. The summed E-state index contributed by atoms with van der Waals surface area (Å²) < 4.78 is 0. The Labute approximate surface area is 145 Å². The van der Waals surface area contributed by atoms with Crippen molar-refractivity contribution in [2.45, 2.75) is 58.3 Å². The Kier molecular flexibility index (Phi) is 3.88. The molecule has 1 aliphatic rings. The zero-order chi connectivity index (χ0) is 17.0. The topological polar surface area (TPSA) is 0 Å². The molecular formula is C22H26Cl. The van der Waals surface area contributed by atoms with E-state index >= 15 is 0 Å². The number of benzene rings is 2. The van der Waals surface area contributed by atoms with Gasteiger partial charge in [0.2, 0.25) is 0 Å². The van der Waals surface area contributed by atoms with Crippen LogP contribution >= 0.6 is 11.6 Å². The Bertz CT molecular complexity index is 766. The fourth-order valence-corrected chi connectivity index (χ4v) is 4.09. The maximum Gasteiger partial charge on any atom is 0.0487 e. The lowest BCUT2D eigenvalue weighted by Crippen LogP contribution is -2.34. The normalized spacial score (nSPS) is 18.6. The van der Waals surface area contributed by atoms with Crippen LogP contribution in [0.5, 0.6) is 0 Å². The van der Waals surface area contributed by atoms with E-state index in [0.29, 0.717) is 0 Å². The molecule has 2 aromatic rings. The Balaban J connectivity index is 2.26. The van der Waals surface area contributed by atoms with E-state index in [4.69, 9.17) is 11.6 Å². The monoisotopic (exact) mass is 325 g/mol. The van der Waals surface area contributed by atoms with E-state index in [-0.39, 0.29) is 10.8 Å². The molecule has 2 aromatic carbocycles. The number of aryl methyl sites for hydroxylation is 1. The van der Waals surface area contributed by atoms with Gasteiger partial charge in [0.15, 0.2) is 0 Å². The van der Waals surface area contributed by atoms with Gasteiger partial charge in [0.05, 0.1) is 0 Å². The maximum atomic E-state index is 6.51. The van der Waals surface area contributed by atoms with Crippen molar-refractivity contribution in [3.05, 3.63) is 64.5 Å². The third-order valence-electron chi connectivity index (χ3n) is 5.52. The molecular weight excluding hydrogens is 300 g/mol. The van der Waals surface area contributed by atoms with Crippen molar-refractivity contribution >= 4 is 11.6 Å². The molecule has 0 bridgehead atoms. The van der Waals surface area contributed by atoms with Crippen LogP contribution in [0.3, 0.4) is 0 Å². The largest absolute Gasteiger partial charge is 0.0837 e. The summed E-state index contributed by atoms with van der Waals surface area (Å²) in [6.45, 7) is 15.6. The molecule has 0 unspecified atom stereocenters. The first kappa shape index (κ1) is 16.6. The quantitative estimate of drug-likeness (QED) is 0.538. The van der Waals surface area contributed by atoms with E-state index in [1.165, 1.54) is 35.1 Å². The van der Waals surface area contributed by atoms with Gasteiger partial charge >= 0.3 is 0 Å². The van der Waals surface area contributed by atoms with Gasteiger partial charge in [0.25, 0.3) is 0 Å². The second-order valence-corrected chi connectivity index (χ2v) is 8.70. The maximum absolute atomic E-state index is 6.51. The molecule has 0 fully saturated rings. The molecule has 0 saturated carbocycles. The Morgan fingerprint density at radius 2 is 1.43 bits per heavy atom. The summed E-state index contributed by atoms with van der Waals surface area (Å²) in [6.07, 6.45) is 2.46. The van der Waals surface area contributed by atoms with Gasteiger partial charge in [-0.15, -0.1) is 0 Å². The standard InChI is InChI=1S/C22H26Cl/c1-14-7-8-16(20(23)11-14)17-13-19-18(12-15(17)2)21(3,4)9-10-22(19,5)6/h7-8,11-13H,1,9-10H2,2-6H3. The van der Waals surface area contributed by atoms with Crippen molar-refractivity contribution in [1.82, 2.24) is 0 Å². The molecule has 3 rings (SSSR count). The van der Waals surface area contributed by atoms with Gasteiger partial charge in [-0.25, -0.2) is 0 Å². The summed E-state index contributed by atoms with van der Waals surface area (Å²) >= 11 is 6.51. The number of hydrogen-bond acceptors (Lipinski definition) is 0. The van der Waals surface area contributed by atoms with Gasteiger partial charge in [-0.1, -0.05) is 57.5 Å². The lowest BCUT2D eigenvalue weighted by Gasteiger charge is -2.42. The average Bonchev–Trinajstić information content (AvgIpc) is 2.44. The second-order valence-electron chi connectivity index (χ2n) is 8.29. The fraction of sp³-hybridized carbons (Fsp3) is 0.409. The molecule has 0 nitrogen and oxygen atoms in total. The van der Waals surface area contributed by atoms with Gasteiger partial charge in [0.1, 0.15) is 0 Å². The van der Waals surface area contributed by atoms with Crippen LogP contribution in [0.25, 0.3) is 11.1 Å². The van der Waals surface area contributed by atoms with Crippen molar-refractivity contribution in [2.24, 2.45) is 0 Å². The minimum Gasteiger partial charge on any atom is -0.0837 e. The van der Waals surface area contributed by atoms with Crippen molar-refractivity contribution < 1.29 is 0 Å². The van der Waals surface area contributed by atoms with Crippen LogP contribution < -0.4 is 0 Å². The number of halogens is 1. The van der Waals surface area contributed by atoms with E-state index in [2.05, 4.69) is 59.7 Å². The van der Waals surface area contributed by atoms with Crippen LogP contribution in [0.1, 0.15) is 62.8 Å². The summed E-state index contributed by atoms with van der Waals surface area (Å²) in [4.78, 5) is 0. The SMILES string of the molecule is [CH2]c1ccc(-c2cc3c(cc2C)C(C)(C)CCC3(C)C)c(Cl)c1. The first-order valence-electron chi connectivity index (χ1n) is 8.39. The highest BCUT2D eigenvalue weighted by atomic mass is 35.5. The van der Waals surface area contributed by atoms with Gasteiger partial charge in [0, 0.05) is 10.6 Å². The summed E-state index contributed by atoms with van der Waals surface area (Å²) in [6, 6.07) is 10.9.